The van der Waals surface area contributed by atoms with Crippen LogP contribution in [0.4, 0.5) is 0 Å². The SMILES string of the molecule is CC(=O)CCCC(Cl)C=O. The van der Waals surface area contributed by atoms with Crippen molar-refractivity contribution in [3.05, 3.63) is 0 Å². The van der Waals surface area contributed by atoms with Crippen LogP contribution < -0.4 is 0 Å². The zero-order chi connectivity index (χ0) is 7.98. The molecule has 0 N–H and O–H groups in total. The van der Waals surface area contributed by atoms with Crippen LogP contribution in [0.15, 0.2) is 0 Å². The quantitative estimate of drug-likeness (QED) is 0.454. The van der Waals surface area contributed by atoms with Gasteiger partial charge in [-0.1, -0.05) is 0 Å². The first kappa shape index (κ1) is 9.63. The largest absolute Gasteiger partial charge is 0.302 e. The van der Waals surface area contributed by atoms with E-state index in [-0.39, 0.29) is 5.78 Å². The molecule has 0 fully saturated rings. The standard InChI is InChI=1S/C7H11ClO2/c1-6(10)3-2-4-7(8)5-9/h5,7H,2-4H2,1H3. The minimum atomic E-state index is -0.417. The second-order valence-electron chi connectivity index (χ2n) is 2.25. The summed E-state index contributed by atoms with van der Waals surface area (Å²) >= 11 is 5.47. The van der Waals surface area contributed by atoms with E-state index in [1.165, 1.54) is 6.92 Å². The fourth-order valence-corrected chi connectivity index (χ4v) is 0.768. The summed E-state index contributed by atoms with van der Waals surface area (Å²) in [6.07, 6.45) is 2.53. The Morgan fingerprint density at radius 1 is 1.70 bits per heavy atom. The highest BCUT2D eigenvalue weighted by Gasteiger charge is 2.01. The van der Waals surface area contributed by atoms with Crippen molar-refractivity contribution in [2.45, 2.75) is 31.6 Å². The highest BCUT2D eigenvalue weighted by molar-refractivity contribution is 6.27. The van der Waals surface area contributed by atoms with Gasteiger partial charge in [-0.15, -0.1) is 11.6 Å². The molecule has 10 heavy (non-hydrogen) atoms. The number of aldehydes is 1. The van der Waals surface area contributed by atoms with Crippen LogP contribution in [0.1, 0.15) is 26.2 Å². The van der Waals surface area contributed by atoms with Crippen molar-refractivity contribution in [2.24, 2.45) is 0 Å². The van der Waals surface area contributed by atoms with Crippen LogP contribution >= 0.6 is 11.6 Å². The lowest BCUT2D eigenvalue weighted by Gasteiger charge is -1.97. The highest BCUT2D eigenvalue weighted by atomic mass is 35.5. The van der Waals surface area contributed by atoms with E-state index >= 15 is 0 Å². The van der Waals surface area contributed by atoms with Crippen molar-refractivity contribution in [3.63, 3.8) is 0 Å². The first-order chi connectivity index (χ1) is 4.66. The zero-order valence-electron chi connectivity index (χ0n) is 5.97. The number of halogens is 1. The van der Waals surface area contributed by atoms with Crippen LogP contribution in [-0.2, 0) is 9.59 Å². The third kappa shape index (κ3) is 5.76. The molecule has 3 heteroatoms. The monoisotopic (exact) mass is 162 g/mol. The van der Waals surface area contributed by atoms with Crippen LogP contribution in [0.25, 0.3) is 0 Å². The van der Waals surface area contributed by atoms with Crippen molar-refractivity contribution >= 4 is 23.7 Å². The van der Waals surface area contributed by atoms with Crippen LogP contribution in [0.3, 0.4) is 0 Å². The Labute approximate surface area is 65.6 Å². The first-order valence-electron chi connectivity index (χ1n) is 3.25. The summed E-state index contributed by atoms with van der Waals surface area (Å²) < 4.78 is 0. The van der Waals surface area contributed by atoms with Crippen LogP contribution in [0, 0.1) is 0 Å². The van der Waals surface area contributed by atoms with Gasteiger partial charge in [0.05, 0.1) is 5.38 Å². The number of Topliss-reactive ketones (excluding diaryl/α,β-unsaturated/α-hetero) is 1. The molecule has 0 rings (SSSR count). The topological polar surface area (TPSA) is 34.1 Å². The average molecular weight is 163 g/mol. The number of hydrogen-bond donors (Lipinski definition) is 0. The van der Waals surface area contributed by atoms with E-state index in [1.807, 2.05) is 0 Å². The number of alkyl halides is 1. The van der Waals surface area contributed by atoms with Gasteiger partial charge in [-0.05, 0) is 19.8 Å². The molecular weight excluding hydrogens is 152 g/mol. The molecule has 0 amide bonds. The van der Waals surface area contributed by atoms with Gasteiger partial charge in [0.15, 0.2) is 0 Å². The summed E-state index contributed by atoms with van der Waals surface area (Å²) in [6, 6.07) is 0. The predicted octanol–water partition coefficient (Wildman–Crippen LogP) is 1.55. The summed E-state index contributed by atoms with van der Waals surface area (Å²) in [4.78, 5) is 20.3. The van der Waals surface area contributed by atoms with E-state index in [2.05, 4.69) is 0 Å². The van der Waals surface area contributed by atoms with Crippen LogP contribution in [0.5, 0.6) is 0 Å². The Morgan fingerprint density at radius 2 is 2.30 bits per heavy atom. The Kier molecular flexibility index (Phi) is 5.22. The molecule has 0 aliphatic carbocycles. The third-order valence-electron chi connectivity index (χ3n) is 1.16. The molecule has 0 saturated carbocycles. The molecule has 1 atom stereocenters. The van der Waals surface area contributed by atoms with Crippen molar-refractivity contribution in [1.82, 2.24) is 0 Å². The molecule has 0 aliphatic heterocycles. The van der Waals surface area contributed by atoms with Gasteiger partial charge in [0, 0.05) is 6.42 Å². The minimum absolute atomic E-state index is 0.148. The van der Waals surface area contributed by atoms with Gasteiger partial charge in [-0.25, -0.2) is 0 Å². The second-order valence-corrected chi connectivity index (χ2v) is 2.81. The maximum atomic E-state index is 10.4. The van der Waals surface area contributed by atoms with Crippen molar-refractivity contribution in [2.75, 3.05) is 0 Å². The van der Waals surface area contributed by atoms with Gasteiger partial charge in [0.1, 0.15) is 12.1 Å². The summed E-state index contributed by atoms with van der Waals surface area (Å²) in [5.74, 6) is 0.148. The lowest BCUT2D eigenvalue weighted by molar-refractivity contribution is -0.117. The van der Waals surface area contributed by atoms with Crippen LogP contribution in [-0.4, -0.2) is 17.4 Å². The van der Waals surface area contributed by atoms with Gasteiger partial charge >= 0.3 is 0 Å². The fourth-order valence-electron chi connectivity index (χ4n) is 0.614. The van der Waals surface area contributed by atoms with E-state index in [0.717, 1.165) is 0 Å². The summed E-state index contributed by atoms with van der Waals surface area (Å²) in [5.41, 5.74) is 0. The van der Waals surface area contributed by atoms with E-state index in [1.54, 1.807) is 0 Å². The average Bonchev–Trinajstić information content (AvgIpc) is 1.87. The van der Waals surface area contributed by atoms with Gasteiger partial charge in [-0.3, -0.25) is 0 Å². The minimum Gasteiger partial charge on any atom is -0.302 e. The van der Waals surface area contributed by atoms with Gasteiger partial charge < -0.3 is 9.59 Å². The lowest BCUT2D eigenvalue weighted by atomic mass is 10.1. The van der Waals surface area contributed by atoms with E-state index in [4.69, 9.17) is 11.6 Å². The Morgan fingerprint density at radius 3 is 2.70 bits per heavy atom. The molecule has 0 heterocycles. The van der Waals surface area contributed by atoms with Crippen molar-refractivity contribution in [1.29, 1.82) is 0 Å². The molecule has 0 spiro atoms. The molecule has 58 valence electrons. The number of carbonyl (C=O) groups is 2. The molecule has 0 radical (unpaired) electrons. The van der Waals surface area contributed by atoms with Crippen LogP contribution in [0.2, 0.25) is 0 Å². The second kappa shape index (κ2) is 5.42. The molecule has 0 aromatic heterocycles. The van der Waals surface area contributed by atoms with Gasteiger partial charge in [0.25, 0.3) is 0 Å². The van der Waals surface area contributed by atoms with E-state index in [9.17, 15) is 9.59 Å². The zero-order valence-corrected chi connectivity index (χ0v) is 6.73. The molecule has 0 aliphatic rings. The van der Waals surface area contributed by atoms with Crippen molar-refractivity contribution < 1.29 is 9.59 Å². The Bertz CT molecular complexity index is 123. The Balaban J connectivity index is 3.19. The summed E-state index contributed by atoms with van der Waals surface area (Å²) in [5, 5.41) is -0.417. The van der Waals surface area contributed by atoms with Gasteiger partial charge in [0.2, 0.25) is 0 Å². The molecule has 0 saturated heterocycles. The first-order valence-corrected chi connectivity index (χ1v) is 3.69. The van der Waals surface area contributed by atoms with E-state index < -0.39 is 5.38 Å². The normalized spacial score (nSPS) is 12.6. The van der Waals surface area contributed by atoms with Gasteiger partial charge in [-0.2, -0.15) is 0 Å². The molecule has 0 bridgehead atoms. The fraction of sp³-hybridized carbons (Fsp3) is 0.714. The summed E-state index contributed by atoms with van der Waals surface area (Å²) in [7, 11) is 0. The lowest BCUT2D eigenvalue weighted by Crippen LogP contribution is -2.00. The highest BCUT2D eigenvalue weighted by Crippen LogP contribution is 2.04. The Hall–Kier alpha value is -0.370. The molecule has 0 aromatic carbocycles. The number of carbonyl (C=O) groups excluding carboxylic acids is 2. The predicted molar refractivity (Wildman–Crippen MR) is 40.2 cm³/mol. The number of hydrogen-bond acceptors (Lipinski definition) is 2. The summed E-state index contributed by atoms with van der Waals surface area (Å²) in [6.45, 7) is 1.53. The number of ketones is 1. The third-order valence-corrected chi connectivity index (χ3v) is 1.48. The van der Waals surface area contributed by atoms with E-state index in [0.29, 0.717) is 25.5 Å². The molecule has 1 unspecified atom stereocenters. The maximum Gasteiger partial charge on any atom is 0.137 e. The van der Waals surface area contributed by atoms with Crippen molar-refractivity contribution in [3.8, 4) is 0 Å². The number of rotatable bonds is 5. The molecular formula is C7H11ClO2. The molecule has 0 aromatic rings. The maximum absolute atomic E-state index is 10.4. The molecule has 2 nitrogen and oxygen atoms in total. The smallest absolute Gasteiger partial charge is 0.137 e.